The van der Waals surface area contributed by atoms with Crippen LogP contribution in [-0.4, -0.2) is 30.0 Å². The van der Waals surface area contributed by atoms with Crippen molar-refractivity contribution in [1.29, 1.82) is 5.26 Å². The number of nitriles is 1. The Hall–Kier alpha value is -2.02. The zero-order chi connectivity index (χ0) is 14.4. The first-order chi connectivity index (χ1) is 9.76. The van der Waals surface area contributed by atoms with Crippen LogP contribution in [0.25, 0.3) is 0 Å². The van der Waals surface area contributed by atoms with Gasteiger partial charge in [-0.1, -0.05) is 13.3 Å². The fourth-order valence-corrected chi connectivity index (χ4v) is 2.34. The molecular weight excluding hydrogens is 252 g/mol. The third-order valence-electron chi connectivity index (χ3n) is 3.53. The molecule has 0 N–H and O–H groups in total. The Kier molecular flexibility index (Phi) is 5.00. The van der Waals surface area contributed by atoms with E-state index in [1.54, 1.807) is 17.0 Å². The number of nitrogens with zero attached hydrogens (tertiary/aromatic N) is 2. The summed E-state index contributed by atoms with van der Waals surface area (Å²) in [6.07, 6.45) is 3.81. The molecule has 2 rings (SSSR count). The quantitative estimate of drug-likeness (QED) is 0.774. The summed E-state index contributed by atoms with van der Waals surface area (Å²) in [6, 6.07) is 9.10. The smallest absolute Gasteiger partial charge is 0.254 e. The third-order valence-corrected chi connectivity index (χ3v) is 3.53. The van der Waals surface area contributed by atoms with Gasteiger partial charge in [-0.25, -0.2) is 0 Å². The lowest BCUT2D eigenvalue weighted by atomic mass is 10.1. The van der Waals surface area contributed by atoms with Crippen molar-refractivity contribution in [3.05, 3.63) is 29.8 Å². The van der Waals surface area contributed by atoms with Crippen LogP contribution in [0.3, 0.4) is 0 Å². The Labute approximate surface area is 120 Å². The van der Waals surface area contributed by atoms with Crippen molar-refractivity contribution in [2.24, 2.45) is 0 Å². The summed E-state index contributed by atoms with van der Waals surface area (Å²) in [4.78, 5) is 14.0. The molecule has 0 bridgehead atoms. The van der Waals surface area contributed by atoms with Gasteiger partial charge >= 0.3 is 0 Å². The van der Waals surface area contributed by atoms with Gasteiger partial charge in [0.05, 0.1) is 12.7 Å². The predicted molar refractivity (Wildman–Crippen MR) is 76.5 cm³/mol. The maximum atomic E-state index is 12.3. The van der Waals surface area contributed by atoms with Gasteiger partial charge in [0.15, 0.2) is 0 Å². The normalized spacial score (nSPS) is 17.8. The Balaban J connectivity index is 1.99. The van der Waals surface area contributed by atoms with Gasteiger partial charge in [-0.15, -0.1) is 0 Å². The summed E-state index contributed by atoms with van der Waals surface area (Å²) < 4.78 is 5.57. The van der Waals surface area contributed by atoms with Gasteiger partial charge in [-0.3, -0.25) is 4.79 Å². The number of carbonyl (C=O) groups excluding carboxylic acids is 1. The van der Waals surface area contributed by atoms with Crippen LogP contribution in [0.15, 0.2) is 24.3 Å². The minimum atomic E-state index is -0.275. The molecule has 1 fully saturated rings. The largest absolute Gasteiger partial charge is 0.494 e. The van der Waals surface area contributed by atoms with Crippen molar-refractivity contribution in [3.8, 4) is 11.8 Å². The molecule has 0 aromatic heterocycles. The van der Waals surface area contributed by atoms with Crippen LogP contribution in [0.4, 0.5) is 0 Å². The topological polar surface area (TPSA) is 53.3 Å². The van der Waals surface area contributed by atoms with E-state index in [0.29, 0.717) is 18.7 Å². The van der Waals surface area contributed by atoms with E-state index >= 15 is 0 Å². The monoisotopic (exact) mass is 272 g/mol. The van der Waals surface area contributed by atoms with Crippen LogP contribution in [0, 0.1) is 11.3 Å². The first-order valence-electron chi connectivity index (χ1n) is 7.19. The lowest BCUT2D eigenvalue weighted by molar-refractivity contribution is 0.0765. The standard InChI is InChI=1S/C16H20N2O2/c1-2-3-11-20-15-8-6-13(7-9-15)16(19)18-10-4-5-14(18)12-17/h6-9,14H,2-5,10-11H2,1H3. The lowest BCUT2D eigenvalue weighted by Crippen LogP contribution is -2.34. The number of rotatable bonds is 5. The van der Waals surface area contributed by atoms with Gasteiger partial charge in [-0.2, -0.15) is 5.26 Å². The molecule has 0 spiro atoms. The summed E-state index contributed by atoms with van der Waals surface area (Å²) in [5, 5.41) is 9.03. The Morgan fingerprint density at radius 1 is 1.45 bits per heavy atom. The minimum absolute atomic E-state index is 0.0610. The SMILES string of the molecule is CCCCOc1ccc(C(=O)N2CCCC2C#N)cc1. The number of hydrogen-bond donors (Lipinski definition) is 0. The maximum Gasteiger partial charge on any atom is 0.254 e. The molecule has 4 nitrogen and oxygen atoms in total. The zero-order valence-corrected chi connectivity index (χ0v) is 11.8. The van der Waals surface area contributed by atoms with E-state index in [-0.39, 0.29) is 11.9 Å². The maximum absolute atomic E-state index is 12.3. The first-order valence-corrected chi connectivity index (χ1v) is 7.19. The highest BCUT2D eigenvalue weighted by molar-refractivity contribution is 5.94. The molecule has 0 aliphatic carbocycles. The zero-order valence-electron chi connectivity index (χ0n) is 11.8. The predicted octanol–water partition coefficient (Wildman–Crippen LogP) is 2.99. The number of amides is 1. The molecule has 106 valence electrons. The van der Waals surface area contributed by atoms with Crippen molar-refractivity contribution in [1.82, 2.24) is 4.90 Å². The van der Waals surface area contributed by atoms with Gasteiger partial charge in [0.1, 0.15) is 11.8 Å². The summed E-state index contributed by atoms with van der Waals surface area (Å²) in [6.45, 7) is 3.49. The van der Waals surface area contributed by atoms with Crippen molar-refractivity contribution >= 4 is 5.91 Å². The van der Waals surface area contributed by atoms with Gasteiger partial charge in [0, 0.05) is 12.1 Å². The number of likely N-dealkylation sites (tertiary alicyclic amines) is 1. The van der Waals surface area contributed by atoms with Gasteiger partial charge in [0.25, 0.3) is 5.91 Å². The molecule has 1 aliphatic heterocycles. The van der Waals surface area contributed by atoms with Gasteiger partial charge < -0.3 is 9.64 Å². The van der Waals surface area contributed by atoms with Crippen LogP contribution in [-0.2, 0) is 0 Å². The van der Waals surface area contributed by atoms with E-state index in [9.17, 15) is 4.79 Å². The second-order valence-electron chi connectivity index (χ2n) is 5.01. The van der Waals surface area contributed by atoms with Crippen LogP contribution < -0.4 is 4.74 Å². The van der Waals surface area contributed by atoms with E-state index in [1.807, 2.05) is 12.1 Å². The van der Waals surface area contributed by atoms with Crippen molar-refractivity contribution in [2.75, 3.05) is 13.2 Å². The highest BCUT2D eigenvalue weighted by atomic mass is 16.5. The van der Waals surface area contributed by atoms with Crippen molar-refractivity contribution in [2.45, 2.75) is 38.6 Å². The average Bonchev–Trinajstić information content (AvgIpc) is 2.96. The number of ether oxygens (including phenoxy) is 1. The summed E-state index contributed by atoms with van der Waals surface area (Å²) in [7, 11) is 0. The highest BCUT2D eigenvalue weighted by Crippen LogP contribution is 2.21. The van der Waals surface area contributed by atoms with Crippen molar-refractivity contribution in [3.63, 3.8) is 0 Å². The van der Waals surface area contributed by atoms with Crippen molar-refractivity contribution < 1.29 is 9.53 Å². The van der Waals surface area contributed by atoms with E-state index in [4.69, 9.17) is 10.00 Å². The summed E-state index contributed by atoms with van der Waals surface area (Å²) in [5.41, 5.74) is 0.620. The molecule has 1 atom stereocenters. The van der Waals surface area contributed by atoms with Crippen LogP contribution in [0.2, 0.25) is 0 Å². The Bertz CT molecular complexity index is 490. The molecule has 20 heavy (non-hydrogen) atoms. The number of carbonyl (C=O) groups is 1. The molecule has 1 amide bonds. The second-order valence-corrected chi connectivity index (χ2v) is 5.01. The van der Waals surface area contributed by atoms with Gasteiger partial charge in [0.2, 0.25) is 0 Å². The Morgan fingerprint density at radius 2 is 2.20 bits per heavy atom. The molecular formula is C16H20N2O2. The summed E-state index contributed by atoms with van der Waals surface area (Å²) >= 11 is 0. The van der Waals surface area contributed by atoms with Crippen LogP contribution in [0.5, 0.6) is 5.75 Å². The molecule has 1 aromatic rings. The lowest BCUT2D eigenvalue weighted by Gasteiger charge is -2.19. The Morgan fingerprint density at radius 3 is 2.85 bits per heavy atom. The molecule has 0 saturated carbocycles. The molecule has 1 saturated heterocycles. The molecule has 1 heterocycles. The van der Waals surface area contributed by atoms with Gasteiger partial charge in [-0.05, 0) is 43.5 Å². The molecule has 1 aliphatic rings. The molecule has 1 unspecified atom stereocenters. The fraction of sp³-hybridized carbons (Fsp3) is 0.500. The third kappa shape index (κ3) is 3.30. The number of benzene rings is 1. The van der Waals surface area contributed by atoms with Crippen LogP contribution >= 0.6 is 0 Å². The minimum Gasteiger partial charge on any atom is -0.494 e. The fourth-order valence-electron chi connectivity index (χ4n) is 2.34. The van der Waals surface area contributed by atoms with E-state index in [0.717, 1.165) is 31.4 Å². The second kappa shape index (κ2) is 6.95. The van der Waals surface area contributed by atoms with Crippen LogP contribution in [0.1, 0.15) is 43.0 Å². The van der Waals surface area contributed by atoms with E-state index < -0.39 is 0 Å². The number of unbranched alkanes of at least 4 members (excludes halogenated alkanes) is 1. The van der Waals surface area contributed by atoms with E-state index in [1.165, 1.54) is 0 Å². The average molecular weight is 272 g/mol. The number of hydrogen-bond acceptors (Lipinski definition) is 3. The summed E-state index contributed by atoms with van der Waals surface area (Å²) in [5.74, 6) is 0.724. The molecule has 0 radical (unpaired) electrons. The van der Waals surface area contributed by atoms with E-state index in [2.05, 4.69) is 13.0 Å². The highest BCUT2D eigenvalue weighted by Gasteiger charge is 2.29. The first kappa shape index (κ1) is 14.4. The molecule has 4 heteroatoms. The molecule has 1 aromatic carbocycles.